The molecule has 0 aromatic carbocycles. The van der Waals surface area contributed by atoms with Crippen LogP contribution in [0.5, 0.6) is 0 Å². The van der Waals surface area contributed by atoms with Crippen molar-refractivity contribution in [3.8, 4) is 0 Å². The summed E-state index contributed by atoms with van der Waals surface area (Å²) in [7, 11) is 0. The summed E-state index contributed by atoms with van der Waals surface area (Å²) in [5.74, 6) is 0.592. The number of aromatic nitrogens is 1. The number of hydrogen-bond acceptors (Lipinski definition) is 3. The Morgan fingerprint density at radius 2 is 2.43 bits per heavy atom. The van der Waals surface area contributed by atoms with Crippen LogP contribution in [0.2, 0.25) is 0 Å². The third-order valence-electron chi connectivity index (χ3n) is 1.96. The fraction of sp³-hybridized carbons (Fsp3) is 0.500. The third kappa shape index (κ3) is 3.54. The molecule has 0 saturated carbocycles. The predicted octanol–water partition coefficient (Wildman–Crippen LogP) is 2.77. The Hall–Kier alpha value is -0.770. The molecule has 0 amide bonds. The second kappa shape index (κ2) is 5.86. The van der Waals surface area contributed by atoms with E-state index in [-0.39, 0.29) is 0 Å². The Kier molecular flexibility index (Phi) is 4.73. The zero-order valence-electron chi connectivity index (χ0n) is 8.46. The van der Waals surface area contributed by atoms with Gasteiger partial charge in [0.2, 0.25) is 5.95 Å². The average molecular weight is 214 g/mol. The fourth-order valence-electron chi connectivity index (χ4n) is 1.19. The number of anilines is 1. The summed E-state index contributed by atoms with van der Waals surface area (Å²) in [5, 5.41) is 3.27. The lowest BCUT2D eigenvalue weighted by Gasteiger charge is -2.16. The van der Waals surface area contributed by atoms with E-state index in [9.17, 15) is 4.39 Å². The molecule has 1 unspecified atom stereocenters. The standard InChI is InChI=1S/C10H15FN2S/c1-3-8(7-14-2)13-9-4-5-12-10(11)6-9/h4-6,8H,3,7H2,1-2H3,(H,12,13). The van der Waals surface area contributed by atoms with Gasteiger partial charge in [0.15, 0.2) is 0 Å². The van der Waals surface area contributed by atoms with Gasteiger partial charge in [-0.2, -0.15) is 16.2 Å². The molecule has 0 saturated heterocycles. The number of halogens is 1. The molecule has 1 N–H and O–H groups in total. The third-order valence-corrected chi connectivity index (χ3v) is 2.69. The molecule has 0 fully saturated rings. The highest BCUT2D eigenvalue weighted by molar-refractivity contribution is 7.98. The minimum Gasteiger partial charge on any atom is -0.381 e. The Labute approximate surface area is 88.3 Å². The molecule has 78 valence electrons. The maximum Gasteiger partial charge on any atom is 0.214 e. The molecular weight excluding hydrogens is 199 g/mol. The van der Waals surface area contributed by atoms with Gasteiger partial charge in [0.1, 0.15) is 0 Å². The molecule has 1 rings (SSSR count). The largest absolute Gasteiger partial charge is 0.381 e. The molecule has 0 radical (unpaired) electrons. The van der Waals surface area contributed by atoms with Crippen molar-refractivity contribution in [3.63, 3.8) is 0 Å². The lowest BCUT2D eigenvalue weighted by atomic mass is 10.2. The Bertz CT molecular complexity index is 281. The van der Waals surface area contributed by atoms with Crippen molar-refractivity contribution >= 4 is 17.4 Å². The van der Waals surface area contributed by atoms with Crippen molar-refractivity contribution in [1.29, 1.82) is 0 Å². The predicted molar refractivity (Wildman–Crippen MR) is 60.3 cm³/mol. The first-order chi connectivity index (χ1) is 6.76. The van der Waals surface area contributed by atoms with Gasteiger partial charge >= 0.3 is 0 Å². The zero-order valence-corrected chi connectivity index (χ0v) is 9.27. The van der Waals surface area contributed by atoms with Gasteiger partial charge in [-0.15, -0.1) is 0 Å². The number of hydrogen-bond donors (Lipinski definition) is 1. The highest BCUT2D eigenvalue weighted by Gasteiger charge is 2.05. The van der Waals surface area contributed by atoms with Gasteiger partial charge in [0.25, 0.3) is 0 Å². The average Bonchev–Trinajstić information content (AvgIpc) is 2.17. The molecule has 1 aromatic rings. The molecule has 4 heteroatoms. The Balaban J connectivity index is 2.57. The number of rotatable bonds is 5. The zero-order chi connectivity index (χ0) is 10.4. The highest BCUT2D eigenvalue weighted by Crippen LogP contribution is 2.12. The lowest BCUT2D eigenvalue weighted by Crippen LogP contribution is -2.21. The molecule has 0 aliphatic carbocycles. The number of thioether (sulfide) groups is 1. The summed E-state index contributed by atoms with van der Waals surface area (Å²) in [6.45, 7) is 2.12. The van der Waals surface area contributed by atoms with Gasteiger partial charge in [0.05, 0.1) is 0 Å². The van der Waals surface area contributed by atoms with Crippen molar-refractivity contribution in [2.24, 2.45) is 0 Å². The molecular formula is C10H15FN2S. The number of pyridine rings is 1. The summed E-state index contributed by atoms with van der Waals surface area (Å²) in [6, 6.07) is 3.60. The summed E-state index contributed by atoms with van der Waals surface area (Å²) < 4.78 is 12.8. The van der Waals surface area contributed by atoms with Crippen LogP contribution in [0.1, 0.15) is 13.3 Å². The van der Waals surface area contributed by atoms with Gasteiger partial charge in [-0.05, 0) is 18.7 Å². The van der Waals surface area contributed by atoms with Gasteiger partial charge in [-0.3, -0.25) is 0 Å². The number of nitrogens with one attached hydrogen (secondary N) is 1. The van der Waals surface area contributed by atoms with Gasteiger partial charge in [-0.1, -0.05) is 6.92 Å². The Morgan fingerprint density at radius 3 is 3.00 bits per heavy atom. The monoisotopic (exact) mass is 214 g/mol. The second-order valence-electron chi connectivity index (χ2n) is 3.07. The van der Waals surface area contributed by atoms with Crippen LogP contribution in [0.3, 0.4) is 0 Å². The topological polar surface area (TPSA) is 24.9 Å². The van der Waals surface area contributed by atoms with E-state index in [0.717, 1.165) is 17.9 Å². The number of nitrogens with zero attached hydrogens (tertiary/aromatic N) is 1. The van der Waals surface area contributed by atoms with Crippen LogP contribution in [0, 0.1) is 5.95 Å². The summed E-state index contributed by atoms with van der Waals surface area (Å²) in [5.41, 5.74) is 0.804. The smallest absolute Gasteiger partial charge is 0.214 e. The van der Waals surface area contributed by atoms with Crippen LogP contribution in [-0.4, -0.2) is 23.0 Å². The van der Waals surface area contributed by atoms with E-state index in [4.69, 9.17) is 0 Å². The Morgan fingerprint density at radius 1 is 1.64 bits per heavy atom. The van der Waals surface area contributed by atoms with Crippen LogP contribution in [0.15, 0.2) is 18.3 Å². The lowest BCUT2D eigenvalue weighted by molar-refractivity contribution is 0.584. The molecule has 1 heterocycles. The normalized spacial score (nSPS) is 12.5. The first-order valence-electron chi connectivity index (χ1n) is 4.63. The van der Waals surface area contributed by atoms with Crippen LogP contribution >= 0.6 is 11.8 Å². The van der Waals surface area contributed by atoms with Gasteiger partial charge in [-0.25, -0.2) is 4.98 Å². The second-order valence-corrected chi connectivity index (χ2v) is 3.98. The first-order valence-corrected chi connectivity index (χ1v) is 6.02. The van der Waals surface area contributed by atoms with Crippen LogP contribution in [-0.2, 0) is 0 Å². The first kappa shape index (κ1) is 11.3. The van der Waals surface area contributed by atoms with Crippen molar-refractivity contribution < 1.29 is 4.39 Å². The maximum absolute atomic E-state index is 12.8. The van der Waals surface area contributed by atoms with Crippen LogP contribution < -0.4 is 5.32 Å². The molecule has 0 aliphatic rings. The molecule has 0 aliphatic heterocycles. The molecule has 14 heavy (non-hydrogen) atoms. The molecule has 0 spiro atoms. The van der Waals surface area contributed by atoms with Crippen LogP contribution in [0.4, 0.5) is 10.1 Å². The molecule has 1 aromatic heterocycles. The highest BCUT2D eigenvalue weighted by atomic mass is 32.2. The van der Waals surface area contributed by atoms with E-state index in [2.05, 4.69) is 23.5 Å². The van der Waals surface area contributed by atoms with E-state index >= 15 is 0 Å². The van der Waals surface area contributed by atoms with Crippen molar-refractivity contribution in [3.05, 3.63) is 24.3 Å². The van der Waals surface area contributed by atoms with Gasteiger partial charge in [0, 0.05) is 29.7 Å². The minimum absolute atomic E-state index is 0.395. The summed E-state index contributed by atoms with van der Waals surface area (Å²) in [4.78, 5) is 3.51. The van der Waals surface area contributed by atoms with E-state index < -0.39 is 5.95 Å². The molecule has 1 atom stereocenters. The molecule has 0 bridgehead atoms. The van der Waals surface area contributed by atoms with Crippen molar-refractivity contribution in [1.82, 2.24) is 4.98 Å². The van der Waals surface area contributed by atoms with E-state index in [0.29, 0.717) is 6.04 Å². The van der Waals surface area contributed by atoms with Crippen molar-refractivity contribution in [2.75, 3.05) is 17.3 Å². The summed E-state index contributed by atoms with van der Waals surface area (Å²) >= 11 is 1.79. The van der Waals surface area contributed by atoms with E-state index in [1.54, 1.807) is 17.8 Å². The maximum atomic E-state index is 12.8. The van der Waals surface area contributed by atoms with Gasteiger partial charge < -0.3 is 5.32 Å². The SMILES string of the molecule is CCC(CSC)Nc1ccnc(F)c1. The van der Waals surface area contributed by atoms with Crippen molar-refractivity contribution in [2.45, 2.75) is 19.4 Å². The van der Waals surface area contributed by atoms with Crippen LogP contribution in [0.25, 0.3) is 0 Å². The quantitative estimate of drug-likeness (QED) is 0.763. The minimum atomic E-state index is -0.436. The summed E-state index contributed by atoms with van der Waals surface area (Å²) in [6.07, 6.45) is 4.58. The molecule has 2 nitrogen and oxygen atoms in total. The fourth-order valence-corrected chi connectivity index (χ4v) is 1.91. The van der Waals surface area contributed by atoms with E-state index in [1.807, 2.05) is 0 Å². The van der Waals surface area contributed by atoms with E-state index in [1.165, 1.54) is 12.3 Å².